The number of amidine groups is 2. The van der Waals surface area contributed by atoms with Crippen LogP contribution >= 0.6 is 0 Å². The molecule has 1 heterocycles. The maximum atomic E-state index is 6.67. The Kier molecular flexibility index (Phi) is 7.82. The number of ether oxygens (including phenoxy) is 1. The van der Waals surface area contributed by atoms with Crippen LogP contribution in [0, 0.1) is 0 Å². The molecule has 0 saturated heterocycles. The molecule has 4 heteroatoms. The van der Waals surface area contributed by atoms with E-state index in [1.54, 1.807) is 0 Å². The molecule has 0 amide bonds. The van der Waals surface area contributed by atoms with E-state index in [1.807, 2.05) is 48.5 Å². The van der Waals surface area contributed by atoms with Crippen LogP contribution in [0.5, 0.6) is 5.75 Å². The van der Waals surface area contributed by atoms with Gasteiger partial charge in [0.15, 0.2) is 5.84 Å². The topological polar surface area (TPSA) is 60.0 Å². The van der Waals surface area contributed by atoms with Gasteiger partial charge in [0.2, 0.25) is 0 Å². The van der Waals surface area contributed by atoms with Gasteiger partial charge >= 0.3 is 0 Å². The lowest BCUT2D eigenvalue weighted by Crippen LogP contribution is -2.17. The molecule has 2 N–H and O–H groups in total. The highest BCUT2D eigenvalue weighted by Gasteiger charge is 2.33. The molecule has 244 valence electrons. The van der Waals surface area contributed by atoms with Gasteiger partial charge in [-0.2, -0.15) is 0 Å². The molecule has 0 fully saturated rings. The molecular weight excluding hydrogens is 623 g/mol. The van der Waals surface area contributed by atoms with Gasteiger partial charge in [0, 0.05) is 22.6 Å². The van der Waals surface area contributed by atoms with E-state index in [1.165, 1.54) is 16.7 Å². The zero-order valence-electron chi connectivity index (χ0n) is 28.0. The van der Waals surface area contributed by atoms with Gasteiger partial charge in [-0.05, 0) is 68.3 Å². The summed E-state index contributed by atoms with van der Waals surface area (Å²) in [5.74, 6) is 3.29. The molecular formula is C47H35N3O. The SMILES string of the molecule is N/C(=N\C(=N/Cc1ccccc1)c1c(-c2ccc(-c3ccc4c(c3)OC3=Cc5ccccc5CC34)cc2)ccc2ccccc12)c1ccccc1. The summed E-state index contributed by atoms with van der Waals surface area (Å²) in [6, 6.07) is 56.9. The number of benzene rings is 7. The van der Waals surface area contributed by atoms with Crippen LogP contribution in [0.15, 0.2) is 180 Å². The van der Waals surface area contributed by atoms with Crippen molar-refractivity contribution < 1.29 is 4.74 Å². The molecule has 0 aromatic heterocycles. The summed E-state index contributed by atoms with van der Waals surface area (Å²) < 4.78 is 6.45. The number of hydrogen-bond acceptors (Lipinski definition) is 2. The predicted molar refractivity (Wildman–Crippen MR) is 210 cm³/mol. The first-order valence-corrected chi connectivity index (χ1v) is 17.4. The van der Waals surface area contributed by atoms with Crippen molar-refractivity contribution in [3.63, 3.8) is 0 Å². The minimum Gasteiger partial charge on any atom is -0.461 e. The monoisotopic (exact) mass is 657 g/mol. The Morgan fingerprint density at radius 1 is 0.667 bits per heavy atom. The summed E-state index contributed by atoms with van der Waals surface area (Å²) in [7, 11) is 0. The second-order valence-electron chi connectivity index (χ2n) is 13.1. The van der Waals surface area contributed by atoms with Crippen molar-refractivity contribution in [3.05, 3.63) is 203 Å². The number of rotatable bonds is 6. The third kappa shape index (κ3) is 5.91. The zero-order valence-corrected chi connectivity index (χ0v) is 28.0. The van der Waals surface area contributed by atoms with Crippen LogP contribution in [0.3, 0.4) is 0 Å². The molecule has 0 saturated carbocycles. The molecule has 1 aliphatic heterocycles. The van der Waals surface area contributed by atoms with Crippen LogP contribution in [-0.2, 0) is 13.0 Å². The summed E-state index contributed by atoms with van der Waals surface area (Å²) >= 11 is 0. The van der Waals surface area contributed by atoms with Gasteiger partial charge in [-0.15, -0.1) is 0 Å². The van der Waals surface area contributed by atoms with Gasteiger partial charge < -0.3 is 10.5 Å². The van der Waals surface area contributed by atoms with E-state index in [2.05, 4.69) is 121 Å². The fourth-order valence-corrected chi connectivity index (χ4v) is 7.32. The Balaban J connectivity index is 1.10. The summed E-state index contributed by atoms with van der Waals surface area (Å²) in [6.07, 6.45) is 3.17. The second kappa shape index (κ2) is 13.1. The average Bonchev–Trinajstić information content (AvgIpc) is 3.55. The van der Waals surface area contributed by atoms with Crippen LogP contribution in [0.2, 0.25) is 0 Å². The van der Waals surface area contributed by atoms with Crippen LogP contribution < -0.4 is 10.5 Å². The van der Waals surface area contributed by atoms with E-state index in [4.69, 9.17) is 20.5 Å². The Labute approximate surface area is 297 Å². The van der Waals surface area contributed by atoms with Crippen molar-refractivity contribution in [1.29, 1.82) is 0 Å². The van der Waals surface area contributed by atoms with E-state index >= 15 is 0 Å². The van der Waals surface area contributed by atoms with E-state index in [9.17, 15) is 0 Å². The van der Waals surface area contributed by atoms with E-state index in [-0.39, 0.29) is 5.92 Å². The second-order valence-corrected chi connectivity index (χ2v) is 13.1. The molecule has 2 aliphatic rings. The third-order valence-corrected chi connectivity index (χ3v) is 9.97. The number of nitrogens with zero attached hydrogens (tertiary/aromatic N) is 2. The van der Waals surface area contributed by atoms with Gasteiger partial charge in [0.1, 0.15) is 17.3 Å². The highest BCUT2D eigenvalue weighted by atomic mass is 16.5. The maximum Gasteiger partial charge on any atom is 0.158 e. The van der Waals surface area contributed by atoms with Crippen LogP contribution in [0.4, 0.5) is 0 Å². The Bertz CT molecular complexity index is 2500. The van der Waals surface area contributed by atoms with Crippen molar-refractivity contribution in [1.82, 2.24) is 0 Å². The summed E-state index contributed by atoms with van der Waals surface area (Å²) in [5.41, 5.74) is 17.9. The normalized spacial score (nSPS) is 15.1. The fraction of sp³-hybridized carbons (Fsp3) is 0.0638. The minimum atomic E-state index is 0.272. The van der Waals surface area contributed by atoms with Gasteiger partial charge in [-0.3, -0.25) is 4.99 Å². The third-order valence-electron chi connectivity index (χ3n) is 9.97. The van der Waals surface area contributed by atoms with Crippen molar-refractivity contribution in [3.8, 4) is 28.0 Å². The van der Waals surface area contributed by atoms with E-state index in [0.717, 1.165) is 67.6 Å². The molecule has 1 unspecified atom stereocenters. The van der Waals surface area contributed by atoms with E-state index in [0.29, 0.717) is 18.2 Å². The summed E-state index contributed by atoms with van der Waals surface area (Å²) in [6.45, 7) is 0.480. The maximum absolute atomic E-state index is 6.67. The van der Waals surface area contributed by atoms with Crippen LogP contribution in [-0.4, -0.2) is 11.7 Å². The lowest BCUT2D eigenvalue weighted by Gasteiger charge is -2.18. The molecule has 9 rings (SSSR count). The highest BCUT2D eigenvalue weighted by molar-refractivity contribution is 6.19. The lowest BCUT2D eigenvalue weighted by atomic mass is 9.84. The first kappa shape index (κ1) is 30.5. The lowest BCUT2D eigenvalue weighted by molar-refractivity contribution is 0.429. The van der Waals surface area contributed by atoms with Crippen molar-refractivity contribution in [2.24, 2.45) is 15.7 Å². The number of nitrogens with two attached hydrogens (primary N) is 1. The standard InChI is InChI=1S/C47H35N3O/c48-46(35-14-5-2-6-15-35)50-47(49-30-31-11-3-1-4-12-31)45-39-18-10-9-13-33(39)23-25-40(45)34-21-19-32(20-22-34)38-24-26-41-42-27-36-16-7-8-17-37(36)28-44(42)51-43(41)29-38/h1-26,28-29,42H,27,30H2,(H2,48,49,50). The zero-order chi connectivity index (χ0) is 34.1. The average molecular weight is 658 g/mol. The van der Waals surface area contributed by atoms with Crippen LogP contribution in [0.1, 0.15) is 39.3 Å². The molecule has 1 atom stereocenters. The summed E-state index contributed by atoms with van der Waals surface area (Å²) in [5, 5.41) is 2.19. The molecule has 0 radical (unpaired) electrons. The molecule has 4 nitrogen and oxygen atoms in total. The Morgan fingerprint density at radius 3 is 2.22 bits per heavy atom. The van der Waals surface area contributed by atoms with Crippen LogP contribution in [0.25, 0.3) is 39.1 Å². The first-order chi connectivity index (χ1) is 25.2. The van der Waals surface area contributed by atoms with Crippen molar-refractivity contribution in [2.45, 2.75) is 18.9 Å². The van der Waals surface area contributed by atoms with Crippen molar-refractivity contribution in [2.75, 3.05) is 0 Å². The fourth-order valence-electron chi connectivity index (χ4n) is 7.32. The number of allylic oxidation sites excluding steroid dienone is 1. The molecule has 1 aliphatic carbocycles. The number of fused-ring (bicyclic) bond motifs is 5. The number of hydrogen-bond donors (Lipinski definition) is 1. The van der Waals surface area contributed by atoms with Gasteiger partial charge in [0.05, 0.1) is 6.54 Å². The largest absolute Gasteiger partial charge is 0.461 e. The molecule has 7 aromatic rings. The Morgan fingerprint density at radius 2 is 1.37 bits per heavy atom. The molecule has 0 bridgehead atoms. The smallest absolute Gasteiger partial charge is 0.158 e. The van der Waals surface area contributed by atoms with Gasteiger partial charge in [-0.25, -0.2) is 4.99 Å². The molecule has 7 aromatic carbocycles. The van der Waals surface area contributed by atoms with Gasteiger partial charge in [-0.1, -0.05) is 158 Å². The highest BCUT2D eigenvalue weighted by Crippen LogP contribution is 2.47. The summed E-state index contributed by atoms with van der Waals surface area (Å²) in [4.78, 5) is 10.2. The van der Waals surface area contributed by atoms with E-state index < -0.39 is 0 Å². The minimum absolute atomic E-state index is 0.272. The van der Waals surface area contributed by atoms with Crippen molar-refractivity contribution >= 4 is 28.5 Å². The quantitative estimate of drug-likeness (QED) is 0.143. The van der Waals surface area contributed by atoms with Gasteiger partial charge in [0.25, 0.3) is 0 Å². The first-order valence-electron chi connectivity index (χ1n) is 17.4. The molecule has 0 spiro atoms. The Hall–Kier alpha value is -6.52. The predicted octanol–water partition coefficient (Wildman–Crippen LogP) is 10.6. The number of aliphatic imine (C=N–C) groups is 2. The molecule has 51 heavy (non-hydrogen) atoms.